The first kappa shape index (κ1) is 26.8. The summed E-state index contributed by atoms with van der Waals surface area (Å²) in [4.78, 5) is 30.8. The Morgan fingerprint density at radius 3 is 2.66 bits per heavy atom. The molecule has 1 heterocycles. The Bertz CT molecular complexity index is 875. The van der Waals surface area contributed by atoms with Crippen molar-refractivity contribution >= 4 is 24.2 Å². The standard InChI is InChI=1S/C17H18F3N3O4.C3H7NO/c1-2-3-4-13-22-15(27-23-13)8-7-14(24)21-12-9-10(17(18,19)20)5-6-11(12)16(25)26;1-4-2-3-5/h2-4,10H,1,5-9H2,(H,21,24)(H,25,26);2,5H,3H2,1H3/b4-3+;. The predicted octanol–water partition coefficient (Wildman–Crippen LogP) is 2.70. The van der Waals surface area contributed by atoms with Crippen molar-refractivity contribution in [2.24, 2.45) is 10.9 Å². The summed E-state index contributed by atoms with van der Waals surface area (Å²) in [6.07, 6.45) is 0.456. The van der Waals surface area contributed by atoms with Gasteiger partial charge in [0.1, 0.15) is 0 Å². The van der Waals surface area contributed by atoms with E-state index in [1.165, 1.54) is 12.3 Å². The molecule has 9 nitrogen and oxygen atoms in total. The number of nitrogens with one attached hydrogen (secondary N) is 1. The van der Waals surface area contributed by atoms with Crippen LogP contribution in [0.2, 0.25) is 0 Å². The van der Waals surface area contributed by atoms with E-state index in [2.05, 4.69) is 27.0 Å². The van der Waals surface area contributed by atoms with E-state index in [-0.39, 0.29) is 49.5 Å². The molecule has 1 unspecified atom stereocenters. The van der Waals surface area contributed by atoms with Crippen molar-refractivity contribution < 1.29 is 37.5 Å². The monoisotopic (exact) mass is 458 g/mol. The number of alkyl halides is 3. The first-order valence-corrected chi connectivity index (χ1v) is 9.57. The lowest BCUT2D eigenvalue weighted by Gasteiger charge is -2.27. The lowest BCUT2D eigenvalue weighted by Crippen LogP contribution is -2.34. The number of carbonyl (C=O) groups is 2. The van der Waals surface area contributed by atoms with Gasteiger partial charge in [0.25, 0.3) is 0 Å². The molecule has 0 radical (unpaired) electrons. The number of allylic oxidation sites excluding steroid dienone is 3. The number of hydrogen-bond acceptors (Lipinski definition) is 7. The maximum Gasteiger partial charge on any atom is 0.392 e. The minimum Gasteiger partial charge on any atom is -0.478 e. The summed E-state index contributed by atoms with van der Waals surface area (Å²) in [7, 11) is 1.62. The number of rotatable bonds is 8. The van der Waals surface area contributed by atoms with Crippen LogP contribution in [0.25, 0.3) is 6.08 Å². The van der Waals surface area contributed by atoms with Crippen molar-refractivity contribution in [1.29, 1.82) is 0 Å². The van der Waals surface area contributed by atoms with Crippen molar-refractivity contribution in [2.75, 3.05) is 13.7 Å². The molecule has 1 aromatic rings. The van der Waals surface area contributed by atoms with Crippen LogP contribution in [0, 0.1) is 5.92 Å². The number of aliphatic imine (C=N–C) groups is 1. The minimum atomic E-state index is -4.45. The summed E-state index contributed by atoms with van der Waals surface area (Å²) in [6, 6.07) is 0. The van der Waals surface area contributed by atoms with Crippen LogP contribution in [0.3, 0.4) is 0 Å². The van der Waals surface area contributed by atoms with Crippen molar-refractivity contribution in [3.05, 3.63) is 41.7 Å². The average Bonchev–Trinajstić information content (AvgIpc) is 3.19. The van der Waals surface area contributed by atoms with Gasteiger partial charge in [-0.25, -0.2) is 4.79 Å². The average molecular weight is 458 g/mol. The maximum atomic E-state index is 12.9. The van der Waals surface area contributed by atoms with Crippen LogP contribution in [-0.2, 0) is 16.0 Å². The number of aliphatic carboxylic acids is 1. The topological polar surface area (TPSA) is 138 Å². The fourth-order valence-corrected chi connectivity index (χ4v) is 2.71. The zero-order chi connectivity index (χ0) is 24.1. The SMILES string of the molecule is C=C/C=C/c1noc(CCC(=O)NC2=C(C(=O)O)CCC(C(F)(F)F)C2)n1.CN=CCO. The van der Waals surface area contributed by atoms with Crippen LogP contribution in [0.4, 0.5) is 13.2 Å². The zero-order valence-corrected chi connectivity index (χ0v) is 17.4. The number of halogens is 3. The summed E-state index contributed by atoms with van der Waals surface area (Å²) < 4.78 is 43.7. The van der Waals surface area contributed by atoms with Crippen LogP contribution in [0.15, 0.2) is 39.5 Å². The van der Waals surface area contributed by atoms with E-state index in [1.807, 2.05) is 0 Å². The molecule has 32 heavy (non-hydrogen) atoms. The van der Waals surface area contributed by atoms with Gasteiger partial charge < -0.3 is 20.1 Å². The number of amides is 1. The van der Waals surface area contributed by atoms with Crippen molar-refractivity contribution in [1.82, 2.24) is 15.5 Å². The molecule has 0 saturated carbocycles. The van der Waals surface area contributed by atoms with Gasteiger partial charge in [0.05, 0.1) is 18.1 Å². The summed E-state index contributed by atoms with van der Waals surface area (Å²) in [5.74, 6) is -3.15. The highest BCUT2D eigenvalue weighted by Gasteiger charge is 2.42. The molecule has 0 saturated heterocycles. The quantitative estimate of drug-likeness (QED) is 0.402. The first-order valence-electron chi connectivity index (χ1n) is 9.57. The van der Waals surface area contributed by atoms with Gasteiger partial charge in [-0.3, -0.25) is 9.79 Å². The number of aliphatic hydroxyl groups is 1. The maximum absolute atomic E-state index is 12.9. The molecular formula is C20H25F3N4O5. The molecule has 1 aliphatic rings. The van der Waals surface area contributed by atoms with Gasteiger partial charge in [-0.2, -0.15) is 18.2 Å². The van der Waals surface area contributed by atoms with Gasteiger partial charge in [-0.15, -0.1) is 0 Å². The highest BCUT2D eigenvalue weighted by Crippen LogP contribution is 2.39. The Balaban J connectivity index is 0.000000920. The van der Waals surface area contributed by atoms with Crippen molar-refractivity contribution in [2.45, 2.75) is 38.3 Å². The normalized spacial score (nSPS) is 16.7. The van der Waals surface area contributed by atoms with E-state index in [4.69, 9.17) is 14.7 Å². The number of carboxylic acid groups (broad SMARTS) is 1. The lowest BCUT2D eigenvalue weighted by molar-refractivity contribution is -0.178. The van der Waals surface area contributed by atoms with Crippen LogP contribution in [-0.4, -0.2) is 58.3 Å². The van der Waals surface area contributed by atoms with Crippen molar-refractivity contribution in [3.8, 4) is 0 Å². The summed E-state index contributed by atoms with van der Waals surface area (Å²) in [5.41, 5.74) is -0.389. The molecule has 12 heteroatoms. The third-order valence-corrected chi connectivity index (χ3v) is 4.26. The molecule has 0 bridgehead atoms. The summed E-state index contributed by atoms with van der Waals surface area (Å²) >= 11 is 0. The fraction of sp³-hybridized carbons (Fsp3) is 0.450. The van der Waals surface area contributed by atoms with Gasteiger partial charge in [-0.05, 0) is 25.3 Å². The molecule has 0 aliphatic heterocycles. The van der Waals surface area contributed by atoms with E-state index < -0.39 is 30.4 Å². The number of aryl methyl sites for hydroxylation is 1. The van der Waals surface area contributed by atoms with Crippen LogP contribution in [0.5, 0.6) is 0 Å². The highest BCUT2D eigenvalue weighted by atomic mass is 19.4. The molecule has 1 amide bonds. The van der Waals surface area contributed by atoms with E-state index in [9.17, 15) is 22.8 Å². The molecular weight excluding hydrogens is 433 g/mol. The Labute approximate surface area is 182 Å². The molecule has 2 rings (SSSR count). The molecule has 0 aromatic carbocycles. The second-order valence-corrected chi connectivity index (χ2v) is 6.56. The van der Waals surface area contributed by atoms with Gasteiger partial charge in [0.15, 0.2) is 5.82 Å². The Hall–Kier alpha value is -3.28. The van der Waals surface area contributed by atoms with Gasteiger partial charge in [0.2, 0.25) is 11.8 Å². The van der Waals surface area contributed by atoms with E-state index in [1.54, 1.807) is 19.2 Å². The molecule has 1 aliphatic carbocycles. The minimum absolute atomic E-state index is 0.0521. The van der Waals surface area contributed by atoms with E-state index in [0.29, 0.717) is 5.82 Å². The Morgan fingerprint density at radius 2 is 2.12 bits per heavy atom. The second kappa shape index (κ2) is 13.2. The van der Waals surface area contributed by atoms with Gasteiger partial charge >= 0.3 is 12.1 Å². The highest BCUT2D eigenvalue weighted by molar-refractivity contribution is 5.89. The molecule has 0 fully saturated rings. The van der Waals surface area contributed by atoms with Gasteiger partial charge in [0, 0.05) is 31.8 Å². The molecule has 176 valence electrons. The Morgan fingerprint density at radius 1 is 1.41 bits per heavy atom. The van der Waals surface area contributed by atoms with Crippen LogP contribution >= 0.6 is 0 Å². The first-order chi connectivity index (χ1) is 15.1. The number of carbonyl (C=O) groups excluding carboxylic acids is 1. The van der Waals surface area contributed by atoms with Gasteiger partial charge in [-0.1, -0.05) is 23.9 Å². The third kappa shape index (κ3) is 9.25. The fourth-order valence-electron chi connectivity index (χ4n) is 2.71. The van der Waals surface area contributed by atoms with Crippen molar-refractivity contribution in [3.63, 3.8) is 0 Å². The third-order valence-electron chi connectivity index (χ3n) is 4.26. The number of nitrogens with zero attached hydrogens (tertiary/aromatic N) is 3. The molecule has 1 aromatic heterocycles. The molecule has 3 N–H and O–H groups in total. The smallest absolute Gasteiger partial charge is 0.392 e. The number of aromatic nitrogens is 2. The van der Waals surface area contributed by atoms with E-state index in [0.717, 1.165) is 0 Å². The summed E-state index contributed by atoms with van der Waals surface area (Å²) in [5, 5.41) is 23.0. The number of hydrogen-bond donors (Lipinski definition) is 3. The molecule has 1 atom stereocenters. The predicted molar refractivity (Wildman–Crippen MR) is 110 cm³/mol. The zero-order valence-electron chi connectivity index (χ0n) is 17.4. The van der Waals surface area contributed by atoms with E-state index >= 15 is 0 Å². The number of carboxylic acids is 1. The largest absolute Gasteiger partial charge is 0.478 e. The van der Waals surface area contributed by atoms with Crippen LogP contribution in [0.1, 0.15) is 37.4 Å². The number of aliphatic hydroxyl groups excluding tert-OH is 1. The Kier molecular flexibility index (Phi) is 11.0. The lowest BCUT2D eigenvalue weighted by atomic mass is 9.86. The molecule has 0 spiro atoms. The second-order valence-electron chi connectivity index (χ2n) is 6.56. The van der Waals surface area contributed by atoms with Crippen LogP contribution < -0.4 is 5.32 Å². The summed E-state index contributed by atoms with van der Waals surface area (Å²) in [6.45, 7) is 3.55.